The Balaban J connectivity index is 2.64. The molecule has 0 atom stereocenters. The summed E-state index contributed by atoms with van der Waals surface area (Å²) in [6.45, 7) is 3.90. The molecule has 1 aromatic rings. The van der Waals surface area contributed by atoms with Crippen LogP contribution in [0.15, 0.2) is 6.20 Å². The number of ketones is 1. The molecule has 0 aromatic carbocycles. The molecule has 0 bridgehead atoms. The van der Waals surface area contributed by atoms with E-state index in [9.17, 15) is 4.79 Å². The number of methoxy groups -OCH3 is 1. The van der Waals surface area contributed by atoms with Gasteiger partial charge >= 0.3 is 0 Å². The summed E-state index contributed by atoms with van der Waals surface area (Å²) in [4.78, 5) is 11.9. The van der Waals surface area contributed by atoms with E-state index in [0.717, 1.165) is 0 Å². The molecule has 1 aromatic heterocycles. The van der Waals surface area contributed by atoms with Crippen molar-refractivity contribution >= 4 is 11.6 Å². The fraction of sp³-hybridized carbons (Fsp3) is 0.636. The number of Topliss-reactive ketones (excluding diaryl/α,β-unsaturated/α-hetero) is 1. The van der Waals surface area contributed by atoms with Crippen molar-refractivity contribution in [2.45, 2.75) is 32.3 Å². The maximum atomic E-state index is 11.9. The van der Waals surface area contributed by atoms with Crippen LogP contribution in [0.4, 0.5) is 5.82 Å². The minimum Gasteiger partial charge on any atom is -0.383 e. The number of aromatic nitrogens is 2. The Kier molecular flexibility index (Phi) is 3.70. The minimum absolute atomic E-state index is 0.00993. The molecule has 0 aliphatic carbocycles. The first kappa shape index (κ1) is 12.7. The highest BCUT2D eigenvalue weighted by Crippen LogP contribution is 2.19. The Morgan fingerprint density at radius 1 is 1.62 bits per heavy atom. The summed E-state index contributed by atoms with van der Waals surface area (Å²) in [5.41, 5.74) is 5.93. The molecule has 0 amide bonds. The van der Waals surface area contributed by atoms with E-state index in [2.05, 4.69) is 5.10 Å². The molecule has 0 aliphatic rings. The Morgan fingerprint density at radius 2 is 2.25 bits per heavy atom. The lowest BCUT2D eigenvalue weighted by Gasteiger charge is -2.22. The Bertz CT molecular complexity index is 383. The zero-order valence-electron chi connectivity index (χ0n) is 10.3. The van der Waals surface area contributed by atoms with E-state index >= 15 is 0 Å². The molecule has 0 radical (unpaired) electrons. The summed E-state index contributed by atoms with van der Waals surface area (Å²) >= 11 is 0. The molecule has 16 heavy (non-hydrogen) atoms. The molecule has 5 heteroatoms. The molecule has 0 saturated heterocycles. The highest BCUT2D eigenvalue weighted by atomic mass is 16.5. The van der Waals surface area contributed by atoms with Crippen molar-refractivity contribution in [2.24, 2.45) is 7.05 Å². The van der Waals surface area contributed by atoms with Gasteiger partial charge in [-0.05, 0) is 20.3 Å². The van der Waals surface area contributed by atoms with E-state index in [1.54, 1.807) is 14.2 Å². The van der Waals surface area contributed by atoms with Crippen LogP contribution in [0, 0.1) is 0 Å². The standard InChI is InChI=1S/C11H19N3O2/c1-11(2,16-4)6-5-9(15)8-7-13-14(3)10(8)12/h7H,5-6,12H2,1-4H3. The van der Waals surface area contributed by atoms with E-state index in [0.29, 0.717) is 24.2 Å². The summed E-state index contributed by atoms with van der Waals surface area (Å²) in [7, 11) is 3.36. The largest absolute Gasteiger partial charge is 0.383 e. The van der Waals surface area contributed by atoms with Crippen molar-refractivity contribution in [1.29, 1.82) is 0 Å². The lowest BCUT2D eigenvalue weighted by Crippen LogP contribution is -2.23. The van der Waals surface area contributed by atoms with Gasteiger partial charge in [-0.15, -0.1) is 0 Å². The first-order valence-corrected chi connectivity index (χ1v) is 5.23. The van der Waals surface area contributed by atoms with Crippen LogP contribution in [0.5, 0.6) is 0 Å². The third-order valence-corrected chi connectivity index (χ3v) is 2.79. The van der Waals surface area contributed by atoms with Crippen molar-refractivity contribution in [3.63, 3.8) is 0 Å². The number of carbonyl (C=O) groups is 1. The molecule has 0 saturated carbocycles. The number of hydrogen-bond acceptors (Lipinski definition) is 4. The molecule has 1 heterocycles. The number of rotatable bonds is 5. The summed E-state index contributed by atoms with van der Waals surface area (Å²) in [5.74, 6) is 0.427. The molecule has 0 aliphatic heterocycles. The molecule has 0 fully saturated rings. The number of nitrogens with zero attached hydrogens (tertiary/aromatic N) is 2. The maximum Gasteiger partial charge on any atom is 0.168 e. The van der Waals surface area contributed by atoms with Gasteiger partial charge in [0.2, 0.25) is 0 Å². The minimum atomic E-state index is -0.285. The van der Waals surface area contributed by atoms with E-state index < -0.39 is 0 Å². The van der Waals surface area contributed by atoms with E-state index in [4.69, 9.17) is 10.5 Å². The fourth-order valence-corrected chi connectivity index (χ4v) is 1.31. The highest BCUT2D eigenvalue weighted by Gasteiger charge is 2.20. The lowest BCUT2D eigenvalue weighted by atomic mass is 9.99. The Morgan fingerprint density at radius 3 is 2.69 bits per heavy atom. The second-order valence-electron chi connectivity index (χ2n) is 4.45. The number of nitrogen functional groups attached to an aromatic ring is 1. The van der Waals surface area contributed by atoms with Crippen molar-refractivity contribution in [3.05, 3.63) is 11.8 Å². The van der Waals surface area contributed by atoms with Crippen LogP contribution >= 0.6 is 0 Å². The molecular formula is C11H19N3O2. The summed E-state index contributed by atoms with van der Waals surface area (Å²) in [6.07, 6.45) is 2.59. The molecule has 0 unspecified atom stereocenters. The molecular weight excluding hydrogens is 206 g/mol. The fourth-order valence-electron chi connectivity index (χ4n) is 1.31. The Labute approximate surface area is 95.6 Å². The lowest BCUT2D eigenvalue weighted by molar-refractivity contribution is 0.0141. The molecule has 90 valence electrons. The maximum absolute atomic E-state index is 11.9. The topological polar surface area (TPSA) is 70.1 Å². The third-order valence-electron chi connectivity index (χ3n) is 2.79. The van der Waals surface area contributed by atoms with Crippen molar-refractivity contribution in [3.8, 4) is 0 Å². The second-order valence-corrected chi connectivity index (χ2v) is 4.45. The van der Waals surface area contributed by atoms with Gasteiger partial charge in [-0.1, -0.05) is 0 Å². The van der Waals surface area contributed by atoms with Gasteiger partial charge < -0.3 is 10.5 Å². The smallest absolute Gasteiger partial charge is 0.168 e. The van der Waals surface area contributed by atoms with Crippen LogP contribution in [-0.4, -0.2) is 28.3 Å². The van der Waals surface area contributed by atoms with E-state index in [1.807, 2.05) is 13.8 Å². The second kappa shape index (κ2) is 4.65. The van der Waals surface area contributed by atoms with Crippen LogP contribution in [0.3, 0.4) is 0 Å². The average Bonchev–Trinajstić information content (AvgIpc) is 2.57. The zero-order valence-corrected chi connectivity index (χ0v) is 10.3. The number of hydrogen-bond donors (Lipinski definition) is 1. The van der Waals surface area contributed by atoms with Gasteiger partial charge in [0, 0.05) is 20.6 Å². The van der Waals surface area contributed by atoms with Crippen molar-refractivity contribution in [2.75, 3.05) is 12.8 Å². The monoisotopic (exact) mass is 225 g/mol. The predicted octanol–water partition coefficient (Wildman–Crippen LogP) is 1.39. The molecule has 1 rings (SSSR count). The van der Waals surface area contributed by atoms with Gasteiger partial charge in [0.25, 0.3) is 0 Å². The third kappa shape index (κ3) is 2.82. The number of carbonyl (C=O) groups excluding carboxylic acids is 1. The summed E-state index contributed by atoms with van der Waals surface area (Å²) in [6, 6.07) is 0. The van der Waals surface area contributed by atoms with Crippen LogP contribution < -0.4 is 5.73 Å². The van der Waals surface area contributed by atoms with Crippen molar-refractivity contribution in [1.82, 2.24) is 9.78 Å². The van der Waals surface area contributed by atoms with Gasteiger partial charge in [-0.2, -0.15) is 5.10 Å². The predicted molar refractivity (Wildman–Crippen MR) is 62.3 cm³/mol. The SMILES string of the molecule is COC(C)(C)CCC(=O)c1cnn(C)c1N. The first-order valence-electron chi connectivity index (χ1n) is 5.23. The van der Waals surface area contributed by atoms with Crippen LogP contribution in [0.2, 0.25) is 0 Å². The number of anilines is 1. The van der Waals surface area contributed by atoms with Gasteiger partial charge in [-0.25, -0.2) is 0 Å². The van der Waals surface area contributed by atoms with E-state index in [-0.39, 0.29) is 11.4 Å². The van der Waals surface area contributed by atoms with Gasteiger partial charge in [0.15, 0.2) is 5.78 Å². The molecule has 0 spiro atoms. The van der Waals surface area contributed by atoms with Gasteiger partial charge in [0.1, 0.15) is 5.82 Å². The highest BCUT2D eigenvalue weighted by molar-refractivity contribution is 5.99. The summed E-state index contributed by atoms with van der Waals surface area (Å²) in [5, 5.41) is 3.94. The average molecular weight is 225 g/mol. The quantitative estimate of drug-likeness (QED) is 0.769. The molecule has 5 nitrogen and oxygen atoms in total. The van der Waals surface area contributed by atoms with E-state index in [1.165, 1.54) is 10.9 Å². The number of ether oxygens (including phenoxy) is 1. The number of nitrogens with two attached hydrogens (primary N) is 1. The first-order chi connectivity index (χ1) is 7.37. The Hall–Kier alpha value is -1.36. The van der Waals surface area contributed by atoms with Gasteiger partial charge in [0.05, 0.1) is 17.4 Å². The van der Waals surface area contributed by atoms with Crippen LogP contribution in [0.25, 0.3) is 0 Å². The normalized spacial score (nSPS) is 11.8. The van der Waals surface area contributed by atoms with Gasteiger partial charge in [-0.3, -0.25) is 9.48 Å². The molecule has 2 N–H and O–H groups in total. The van der Waals surface area contributed by atoms with Crippen LogP contribution in [-0.2, 0) is 11.8 Å². The summed E-state index contributed by atoms with van der Waals surface area (Å²) < 4.78 is 6.75. The van der Waals surface area contributed by atoms with Crippen molar-refractivity contribution < 1.29 is 9.53 Å². The number of aryl methyl sites for hydroxylation is 1. The van der Waals surface area contributed by atoms with Crippen LogP contribution in [0.1, 0.15) is 37.0 Å². The zero-order chi connectivity index (χ0) is 12.3.